The summed E-state index contributed by atoms with van der Waals surface area (Å²) in [6.07, 6.45) is 3.90. The van der Waals surface area contributed by atoms with Gasteiger partial charge < -0.3 is 14.0 Å². The number of hydrogen-bond donors (Lipinski definition) is 0. The fourth-order valence-corrected chi connectivity index (χ4v) is 7.44. The standard InChI is InChI=1S/C24H15N4O.C19H26NSi.Ir/c1-28-21-14-25-13-12-20(21)26-23(28)18-9-5-8-16-17-10-11-19(15-6-3-2-4-7-15)27-24(17)29-22(16)18;1-14(2)11-17-12-18(16-9-7-15(3)8-10-16)20-13-19(17)21(4,5)6;/h2-8,10-14H,1H3;7-9,12-14H,11H2,1-6H3;/q2*-1;/i;3D3,11D2;. The van der Waals surface area contributed by atoms with Crippen molar-refractivity contribution in [1.29, 1.82) is 0 Å². The molecule has 0 bridgehead atoms. The van der Waals surface area contributed by atoms with Crippen LogP contribution >= 0.6 is 0 Å². The molecule has 0 N–H and O–H groups in total. The third kappa shape index (κ3) is 7.50. The first-order valence-corrected chi connectivity index (χ1v) is 20.1. The molecule has 8 heteroatoms. The maximum absolute atomic E-state index is 8.59. The number of aryl methyl sites for hydroxylation is 2. The Morgan fingerprint density at radius 2 is 1.75 bits per heavy atom. The van der Waals surface area contributed by atoms with Gasteiger partial charge in [-0.25, -0.2) is 4.98 Å². The number of pyridine rings is 3. The molecule has 0 spiro atoms. The van der Waals surface area contributed by atoms with E-state index in [1.807, 2.05) is 92.3 Å². The third-order valence-corrected chi connectivity index (χ3v) is 10.5. The first-order chi connectivity index (χ1) is 26.0. The Balaban J connectivity index is 0.000000188. The van der Waals surface area contributed by atoms with E-state index >= 15 is 0 Å². The van der Waals surface area contributed by atoms with Gasteiger partial charge in [0.15, 0.2) is 0 Å². The number of hydrogen-bond acceptors (Lipinski definition) is 5. The summed E-state index contributed by atoms with van der Waals surface area (Å²) in [5.74, 6) is 0.621. The topological polar surface area (TPSA) is 69.6 Å². The van der Waals surface area contributed by atoms with Crippen LogP contribution in [0.25, 0.3) is 67.0 Å². The Labute approximate surface area is 321 Å². The molecule has 0 amide bonds. The minimum Gasteiger partial charge on any atom is -0.486 e. The zero-order valence-corrected chi connectivity index (χ0v) is 32.8. The van der Waals surface area contributed by atoms with E-state index in [0.29, 0.717) is 22.5 Å². The molecule has 8 rings (SSSR count). The van der Waals surface area contributed by atoms with Gasteiger partial charge in [0.2, 0.25) is 5.71 Å². The largest absolute Gasteiger partial charge is 0.486 e. The summed E-state index contributed by atoms with van der Waals surface area (Å²) in [6.45, 7) is 8.14. The molecule has 0 fully saturated rings. The van der Waals surface area contributed by atoms with E-state index in [9.17, 15) is 0 Å². The smallest absolute Gasteiger partial charge is 0.216 e. The Kier molecular flexibility index (Phi) is 8.71. The monoisotopic (exact) mass is 869 g/mol. The van der Waals surface area contributed by atoms with Crippen molar-refractivity contribution in [2.45, 2.75) is 46.7 Å². The van der Waals surface area contributed by atoms with Crippen LogP contribution in [-0.2, 0) is 33.5 Å². The van der Waals surface area contributed by atoms with Gasteiger partial charge in [0.05, 0.1) is 42.4 Å². The number of imidazole rings is 1. The number of aromatic nitrogens is 5. The van der Waals surface area contributed by atoms with Gasteiger partial charge in [0, 0.05) is 57.4 Å². The van der Waals surface area contributed by atoms with E-state index in [0.717, 1.165) is 55.2 Å². The van der Waals surface area contributed by atoms with Crippen molar-refractivity contribution in [3.8, 4) is 33.9 Å². The molecule has 0 saturated carbocycles. The average molecular weight is 869 g/mol. The van der Waals surface area contributed by atoms with Crippen LogP contribution < -0.4 is 5.19 Å². The Morgan fingerprint density at radius 3 is 2.45 bits per heavy atom. The summed E-state index contributed by atoms with van der Waals surface area (Å²) in [5, 5.41) is 3.00. The van der Waals surface area contributed by atoms with Crippen molar-refractivity contribution in [2.75, 3.05) is 0 Å². The van der Waals surface area contributed by atoms with Crippen molar-refractivity contribution in [3.05, 3.63) is 127 Å². The third-order valence-electron chi connectivity index (χ3n) is 8.52. The van der Waals surface area contributed by atoms with Crippen LogP contribution in [0, 0.1) is 24.9 Å². The van der Waals surface area contributed by atoms with Gasteiger partial charge in [-0.3, -0.25) is 9.97 Å². The zero-order chi connectivity index (χ0) is 39.3. The number of benzene rings is 3. The number of nitrogens with zero attached hydrogens (tertiary/aromatic N) is 5. The summed E-state index contributed by atoms with van der Waals surface area (Å²) < 4.78 is 47.8. The molecule has 0 aliphatic rings. The molecule has 5 aromatic heterocycles. The second-order valence-corrected chi connectivity index (χ2v) is 18.7. The molecule has 51 heavy (non-hydrogen) atoms. The zero-order valence-electron chi connectivity index (χ0n) is 34.4. The van der Waals surface area contributed by atoms with Crippen LogP contribution in [-0.4, -0.2) is 32.6 Å². The second kappa shape index (κ2) is 14.8. The fraction of sp³-hybridized carbons (Fsp3) is 0.209. The molecular formula is C43H41IrN5OSi-2. The van der Waals surface area contributed by atoms with Crippen molar-refractivity contribution in [2.24, 2.45) is 13.0 Å². The molecular weight excluding hydrogens is 823 g/mol. The minimum atomic E-state index is -2.16. The average Bonchev–Trinajstić information content (AvgIpc) is 3.71. The van der Waals surface area contributed by atoms with Crippen LogP contribution in [0.1, 0.15) is 31.8 Å². The molecule has 0 saturated heterocycles. The normalized spacial score (nSPS) is 13.5. The Bertz CT molecular complexity index is 2650. The SMILES string of the molecule is Cn1c(-c2[c-]ccc3c2oc2nc(-c4ccccc4)ccc23)nc2ccncc21.[2H]C([2H])([2H])c1c[c-]c(-c2cc(C([2H])([2H])C(C)C)c([Si](C)(C)C)cn2)cc1.[Ir]. The van der Waals surface area contributed by atoms with E-state index in [-0.39, 0.29) is 31.6 Å². The van der Waals surface area contributed by atoms with E-state index in [1.54, 1.807) is 24.5 Å². The Morgan fingerprint density at radius 1 is 0.922 bits per heavy atom. The van der Waals surface area contributed by atoms with Crippen LogP contribution in [0.15, 0.2) is 108 Å². The van der Waals surface area contributed by atoms with Crippen molar-refractivity contribution < 1.29 is 31.4 Å². The van der Waals surface area contributed by atoms with Crippen molar-refractivity contribution in [3.63, 3.8) is 0 Å². The molecule has 8 aromatic rings. The van der Waals surface area contributed by atoms with Crippen LogP contribution in [0.2, 0.25) is 19.6 Å². The van der Waals surface area contributed by atoms with Gasteiger partial charge in [-0.15, -0.1) is 53.6 Å². The number of fused-ring (bicyclic) bond motifs is 4. The Hall–Kier alpha value is -4.75. The molecule has 5 heterocycles. The molecule has 0 atom stereocenters. The van der Waals surface area contributed by atoms with E-state index < -0.39 is 21.3 Å². The first-order valence-electron chi connectivity index (χ1n) is 19.1. The van der Waals surface area contributed by atoms with Crippen molar-refractivity contribution in [1.82, 2.24) is 24.5 Å². The predicted molar refractivity (Wildman–Crippen MR) is 208 cm³/mol. The number of rotatable bonds is 6. The van der Waals surface area contributed by atoms with Crippen molar-refractivity contribution >= 4 is 46.4 Å². The molecule has 259 valence electrons. The van der Waals surface area contributed by atoms with Crippen LogP contribution in [0.3, 0.4) is 0 Å². The summed E-state index contributed by atoms with van der Waals surface area (Å²) in [4.78, 5) is 18.3. The quantitative estimate of drug-likeness (QED) is 0.123. The number of furan rings is 1. The molecule has 0 unspecified atom stereocenters. The molecule has 0 aliphatic heterocycles. The van der Waals surface area contributed by atoms with Gasteiger partial charge in [0.1, 0.15) is 0 Å². The first kappa shape index (κ1) is 29.9. The van der Waals surface area contributed by atoms with Crippen LogP contribution in [0.4, 0.5) is 0 Å². The summed E-state index contributed by atoms with van der Waals surface area (Å²) >= 11 is 0. The maximum Gasteiger partial charge on any atom is 0.216 e. The van der Waals surface area contributed by atoms with Crippen LogP contribution in [0.5, 0.6) is 0 Å². The van der Waals surface area contributed by atoms with Gasteiger partial charge in [0.25, 0.3) is 0 Å². The van der Waals surface area contributed by atoms with Gasteiger partial charge in [-0.05, 0) is 41.4 Å². The fourth-order valence-electron chi connectivity index (χ4n) is 6.03. The summed E-state index contributed by atoms with van der Waals surface area (Å²) in [7, 11) is 0.201. The molecule has 0 aliphatic carbocycles. The molecule has 6 nitrogen and oxygen atoms in total. The van der Waals surface area contributed by atoms with Gasteiger partial charge >= 0.3 is 0 Å². The maximum atomic E-state index is 8.59. The second-order valence-electron chi connectivity index (χ2n) is 13.6. The minimum absolute atomic E-state index is 0. The molecule has 1 radical (unpaired) electrons. The van der Waals surface area contributed by atoms with E-state index in [4.69, 9.17) is 21.2 Å². The van der Waals surface area contributed by atoms with Gasteiger partial charge in [-0.2, -0.15) is 0 Å². The van der Waals surface area contributed by atoms with Gasteiger partial charge in [-0.1, -0.05) is 93.3 Å². The summed E-state index contributed by atoms with van der Waals surface area (Å²) in [6, 6.07) is 32.9. The predicted octanol–water partition coefficient (Wildman–Crippen LogP) is 10.00. The molecule has 3 aromatic carbocycles. The summed E-state index contributed by atoms with van der Waals surface area (Å²) in [5.41, 5.74) is 8.18. The van der Waals surface area contributed by atoms with E-state index in [1.165, 1.54) is 6.07 Å². The van der Waals surface area contributed by atoms with E-state index in [2.05, 4.69) is 47.8 Å².